The van der Waals surface area contributed by atoms with Crippen LogP contribution < -0.4 is 5.09 Å². The van der Waals surface area contributed by atoms with Crippen molar-refractivity contribution in [1.82, 2.24) is 0 Å². The first-order valence-electron chi connectivity index (χ1n) is 5.94. The second-order valence-corrected chi connectivity index (χ2v) is 5.81. The first kappa shape index (κ1) is 15.9. The summed E-state index contributed by atoms with van der Waals surface area (Å²) in [6.07, 6.45) is 0. The molecule has 1 rings (SSSR count). The lowest BCUT2D eigenvalue weighted by Gasteiger charge is -2.14. The van der Waals surface area contributed by atoms with Gasteiger partial charge in [0.15, 0.2) is 5.78 Å². The summed E-state index contributed by atoms with van der Waals surface area (Å²) in [7, 11) is 0.140. The van der Waals surface area contributed by atoms with Crippen LogP contribution in [0.4, 0.5) is 5.69 Å². The highest BCUT2D eigenvalue weighted by Crippen LogP contribution is 2.30. The van der Waals surface area contributed by atoms with Crippen molar-refractivity contribution in [3.8, 4) is 0 Å². The number of rotatable bonds is 6. The lowest BCUT2D eigenvalue weighted by Crippen LogP contribution is -2.17. The maximum absolute atomic E-state index is 11.5. The van der Waals surface area contributed by atoms with Crippen LogP contribution in [0.15, 0.2) is 18.2 Å². The number of carbonyl (C=O) groups is 2. The first-order chi connectivity index (χ1) is 8.95. The monoisotopic (exact) mass is 301 g/mol. The fourth-order valence-corrected chi connectivity index (χ4v) is 2.38. The SMILES string of the molecule is CCOC(=O)C(C)PNc1cc(C(C)=O)ccc1Cl. The number of ether oxygens (including phenoxy) is 1. The van der Waals surface area contributed by atoms with Crippen molar-refractivity contribution in [3.63, 3.8) is 0 Å². The van der Waals surface area contributed by atoms with Crippen molar-refractivity contribution >= 4 is 37.8 Å². The van der Waals surface area contributed by atoms with E-state index in [1.165, 1.54) is 6.92 Å². The Morgan fingerprint density at radius 2 is 2.16 bits per heavy atom. The number of anilines is 1. The summed E-state index contributed by atoms with van der Waals surface area (Å²) >= 11 is 6.04. The van der Waals surface area contributed by atoms with Gasteiger partial charge in [0.05, 0.1) is 23.0 Å². The smallest absolute Gasteiger partial charge is 0.314 e. The number of nitrogens with one attached hydrogen (secondary N) is 1. The summed E-state index contributed by atoms with van der Waals surface area (Å²) in [6.45, 7) is 5.42. The molecule has 0 aliphatic heterocycles. The molecule has 2 atom stereocenters. The Balaban J connectivity index is 2.69. The van der Waals surface area contributed by atoms with Crippen LogP contribution >= 0.6 is 20.3 Å². The third kappa shape index (κ3) is 4.81. The van der Waals surface area contributed by atoms with Crippen LogP contribution in [0.25, 0.3) is 0 Å². The molecular weight excluding hydrogens is 285 g/mol. The van der Waals surface area contributed by atoms with E-state index in [9.17, 15) is 9.59 Å². The Kier molecular flexibility index (Phi) is 6.26. The minimum Gasteiger partial charge on any atom is -0.465 e. The summed E-state index contributed by atoms with van der Waals surface area (Å²) < 4.78 is 4.93. The number of benzene rings is 1. The fourth-order valence-electron chi connectivity index (χ4n) is 1.35. The maximum Gasteiger partial charge on any atom is 0.314 e. The molecule has 0 aliphatic carbocycles. The number of halogens is 1. The van der Waals surface area contributed by atoms with E-state index in [-0.39, 0.29) is 26.1 Å². The summed E-state index contributed by atoms with van der Waals surface area (Å²) in [4.78, 5) is 22.8. The van der Waals surface area contributed by atoms with Gasteiger partial charge < -0.3 is 9.82 Å². The fraction of sp³-hybridized carbons (Fsp3) is 0.385. The van der Waals surface area contributed by atoms with Gasteiger partial charge in [-0.3, -0.25) is 9.59 Å². The average Bonchev–Trinajstić information content (AvgIpc) is 2.37. The minimum atomic E-state index is -0.253. The molecule has 0 radical (unpaired) electrons. The highest BCUT2D eigenvalue weighted by molar-refractivity contribution is 7.42. The molecule has 104 valence electrons. The zero-order valence-corrected chi connectivity index (χ0v) is 12.9. The van der Waals surface area contributed by atoms with Gasteiger partial charge in [0.25, 0.3) is 0 Å². The normalized spacial score (nSPS) is 12.4. The molecule has 0 spiro atoms. The van der Waals surface area contributed by atoms with Crippen LogP contribution in [0, 0.1) is 0 Å². The van der Waals surface area contributed by atoms with Crippen molar-refractivity contribution in [2.24, 2.45) is 0 Å². The van der Waals surface area contributed by atoms with E-state index in [4.69, 9.17) is 16.3 Å². The van der Waals surface area contributed by atoms with Crippen LogP contribution in [-0.2, 0) is 9.53 Å². The molecule has 0 saturated heterocycles. The Morgan fingerprint density at radius 1 is 1.47 bits per heavy atom. The van der Waals surface area contributed by atoms with E-state index in [0.29, 0.717) is 22.9 Å². The number of esters is 1. The first-order valence-corrected chi connectivity index (χ1v) is 7.40. The molecular formula is C13H17ClNO3P. The minimum absolute atomic E-state index is 0.0264. The second-order valence-electron chi connectivity index (χ2n) is 3.99. The Bertz CT molecular complexity index is 479. The standard InChI is InChI=1S/C13H17ClNO3P/c1-4-18-13(17)9(3)19-15-12-7-10(8(2)16)5-6-11(12)14/h5-7,9,15,19H,4H2,1-3H3. The second kappa shape index (κ2) is 7.46. The zero-order valence-electron chi connectivity index (χ0n) is 11.1. The molecule has 0 saturated carbocycles. The molecule has 2 unspecified atom stereocenters. The summed E-state index contributed by atoms with van der Waals surface area (Å²) in [5.41, 5.74) is 0.987. The quantitative estimate of drug-likeness (QED) is 0.496. The molecule has 0 bridgehead atoms. The maximum atomic E-state index is 11.5. The number of hydrogen-bond donors (Lipinski definition) is 1. The lowest BCUT2D eigenvalue weighted by molar-refractivity contribution is -0.142. The predicted octanol–water partition coefficient (Wildman–Crippen LogP) is 3.50. The van der Waals surface area contributed by atoms with E-state index in [1.54, 1.807) is 32.0 Å². The van der Waals surface area contributed by atoms with Crippen molar-refractivity contribution in [2.45, 2.75) is 26.4 Å². The van der Waals surface area contributed by atoms with Gasteiger partial charge in [0.2, 0.25) is 0 Å². The van der Waals surface area contributed by atoms with E-state index < -0.39 is 0 Å². The average molecular weight is 302 g/mol. The molecule has 1 aromatic carbocycles. The molecule has 19 heavy (non-hydrogen) atoms. The lowest BCUT2D eigenvalue weighted by atomic mass is 10.1. The van der Waals surface area contributed by atoms with E-state index in [1.807, 2.05) is 0 Å². The van der Waals surface area contributed by atoms with E-state index in [0.717, 1.165) is 0 Å². The van der Waals surface area contributed by atoms with Gasteiger partial charge in [0, 0.05) is 5.56 Å². The number of hydrogen-bond acceptors (Lipinski definition) is 4. The summed E-state index contributed by atoms with van der Waals surface area (Å²) in [6, 6.07) is 5.03. The highest BCUT2D eigenvalue weighted by Gasteiger charge is 2.14. The zero-order chi connectivity index (χ0) is 14.4. The number of carbonyl (C=O) groups excluding carboxylic acids is 2. The molecule has 6 heteroatoms. The molecule has 1 N–H and O–H groups in total. The van der Waals surface area contributed by atoms with Crippen molar-refractivity contribution in [1.29, 1.82) is 0 Å². The van der Waals surface area contributed by atoms with Crippen LogP contribution in [0.2, 0.25) is 5.02 Å². The van der Waals surface area contributed by atoms with Gasteiger partial charge in [-0.1, -0.05) is 11.6 Å². The Labute approximate surface area is 119 Å². The van der Waals surface area contributed by atoms with Gasteiger partial charge in [0.1, 0.15) is 0 Å². The van der Waals surface area contributed by atoms with Gasteiger partial charge in [-0.05, 0) is 47.7 Å². The predicted molar refractivity (Wildman–Crippen MR) is 79.5 cm³/mol. The Hall–Kier alpha value is -1.12. The van der Waals surface area contributed by atoms with Crippen LogP contribution in [0.3, 0.4) is 0 Å². The van der Waals surface area contributed by atoms with E-state index in [2.05, 4.69) is 5.09 Å². The molecule has 0 heterocycles. The largest absolute Gasteiger partial charge is 0.465 e. The van der Waals surface area contributed by atoms with Gasteiger partial charge in [-0.2, -0.15) is 0 Å². The Morgan fingerprint density at radius 3 is 2.74 bits per heavy atom. The van der Waals surface area contributed by atoms with Gasteiger partial charge in [-0.25, -0.2) is 0 Å². The molecule has 0 aliphatic rings. The molecule has 0 fully saturated rings. The third-order valence-corrected chi connectivity index (χ3v) is 3.85. The topological polar surface area (TPSA) is 55.4 Å². The molecule has 4 nitrogen and oxygen atoms in total. The molecule has 0 amide bonds. The van der Waals surface area contributed by atoms with Crippen molar-refractivity contribution in [3.05, 3.63) is 28.8 Å². The third-order valence-electron chi connectivity index (χ3n) is 2.44. The van der Waals surface area contributed by atoms with Gasteiger partial charge >= 0.3 is 5.97 Å². The van der Waals surface area contributed by atoms with Crippen molar-refractivity contribution in [2.75, 3.05) is 11.7 Å². The molecule has 1 aromatic rings. The summed E-state index contributed by atoms with van der Waals surface area (Å²) in [5, 5.41) is 3.61. The number of Topliss-reactive ketones (excluding diaryl/α,β-unsaturated/α-hetero) is 1. The highest BCUT2D eigenvalue weighted by atomic mass is 35.5. The van der Waals surface area contributed by atoms with Gasteiger partial charge in [-0.15, -0.1) is 0 Å². The van der Waals surface area contributed by atoms with Crippen molar-refractivity contribution < 1.29 is 14.3 Å². The van der Waals surface area contributed by atoms with E-state index >= 15 is 0 Å². The number of ketones is 1. The van der Waals surface area contributed by atoms with Crippen LogP contribution in [-0.4, -0.2) is 24.0 Å². The van der Waals surface area contributed by atoms with Crippen LogP contribution in [0.5, 0.6) is 0 Å². The van der Waals surface area contributed by atoms with Crippen LogP contribution in [0.1, 0.15) is 31.1 Å². The summed E-state index contributed by atoms with van der Waals surface area (Å²) in [5.74, 6) is -0.270. The molecule has 0 aromatic heterocycles.